The second kappa shape index (κ2) is 19.6. The Morgan fingerprint density at radius 3 is 2.22 bits per heavy atom. The van der Waals surface area contributed by atoms with Crippen LogP contribution in [0.3, 0.4) is 0 Å². The fourth-order valence-electron chi connectivity index (χ4n) is 6.73. The van der Waals surface area contributed by atoms with Gasteiger partial charge in [-0.15, -0.1) is 0 Å². The van der Waals surface area contributed by atoms with Crippen LogP contribution in [0, 0.1) is 5.92 Å². The number of nitrogens with one attached hydrogen (secondary N) is 2. The number of rotatable bonds is 16. The molecule has 26 heteroatoms. The van der Waals surface area contributed by atoms with E-state index in [1.54, 1.807) is 32.0 Å². The van der Waals surface area contributed by atoms with Crippen molar-refractivity contribution in [3.05, 3.63) is 75.3 Å². The quantitative estimate of drug-likeness (QED) is 0.0550. The van der Waals surface area contributed by atoms with Crippen LogP contribution >= 0.6 is 6.72 Å². The first-order valence-corrected chi connectivity index (χ1v) is 30.3. The monoisotopic (exact) mass is 1030 g/mol. The Labute approximate surface area is 399 Å². The van der Waals surface area contributed by atoms with Crippen LogP contribution < -0.4 is 22.3 Å². The van der Waals surface area contributed by atoms with Crippen LogP contribution in [0.2, 0.25) is 36.3 Å². The molecule has 0 radical (unpaired) electrons. The summed E-state index contributed by atoms with van der Waals surface area (Å²) in [5.74, 6) is -6.10. The average Bonchev–Trinajstić information content (AvgIpc) is 3.86. The number of ether oxygens (including phenoxy) is 3. The molecule has 3 aromatic heterocycles. The number of benzene rings is 1. The zero-order chi connectivity index (χ0) is 50.5. The number of halogens is 2. The fraction of sp³-hybridized carbons (Fsp3) is 0.595. The number of aromatic nitrogens is 6. The Morgan fingerprint density at radius 1 is 0.971 bits per heavy atom. The molecule has 0 aliphatic carbocycles. The first-order valence-electron chi connectivity index (χ1n) is 21.9. The molecular formula is C42H61F2N8O12PSSi2. The predicted octanol–water partition coefficient (Wildman–Crippen LogP) is 6.24. The number of hydrogen-bond acceptors (Lipinski definition) is 16. The highest BCUT2D eigenvalue weighted by molar-refractivity contribution is 8.07. The van der Waals surface area contributed by atoms with E-state index < -0.39 is 120 Å². The molecular weight excluding hydrogens is 966 g/mol. The summed E-state index contributed by atoms with van der Waals surface area (Å²) in [6, 6.07) is 9.22. The van der Waals surface area contributed by atoms with Crippen molar-refractivity contribution < 1.29 is 55.4 Å². The maximum atomic E-state index is 16.7. The fourth-order valence-corrected chi connectivity index (χ4v) is 10.5. The van der Waals surface area contributed by atoms with Gasteiger partial charge in [0.25, 0.3) is 5.56 Å². The molecule has 0 saturated carbocycles. The summed E-state index contributed by atoms with van der Waals surface area (Å²) in [5.41, 5.74) is 3.85. The van der Waals surface area contributed by atoms with Gasteiger partial charge < -0.3 is 38.2 Å². The Kier molecular flexibility index (Phi) is 15.3. The van der Waals surface area contributed by atoms with Crippen LogP contribution in [0.4, 0.5) is 20.5 Å². The Bertz CT molecular complexity index is 2660. The zero-order valence-electron chi connectivity index (χ0n) is 40.0. The molecule has 1 amide bonds. The summed E-state index contributed by atoms with van der Waals surface area (Å²) >= 11 is 5.43. The van der Waals surface area contributed by atoms with E-state index >= 15 is 8.78 Å². The third-order valence-corrected chi connectivity index (χ3v) is 23.3. The van der Waals surface area contributed by atoms with Gasteiger partial charge in [0.15, 0.2) is 46.2 Å². The number of nitrogens with zero attached hydrogens (tertiary/aromatic N) is 5. The minimum Gasteiger partial charge on any atom is -0.453 e. The summed E-state index contributed by atoms with van der Waals surface area (Å²) in [4.78, 5) is 79.4. The lowest BCUT2D eigenvalue weighted by atomic mass is 10.1. The van der Waals surface area contributed by atoms with Gasteiger partial charge in [-0.1, -0.05) is 73.6 Å². The van der Waals surface area contributed by atoms with Crippen LogP contribution in [0.25, 0.3) is 11.2 Å². The molecule has 2 aliphatic heterocycles. The molecule has 5 N–H and O–H groups in total. The molecule has 20 nitrogen and oxygen atoms in total. The van der Waals surface area contributed by atoms with E-state index in [1.165, 1.54) is 23.0 Å². The lowest BCUT2D eigenvalue weighted by Gasteiger charge is -2.40. The lowest BCUT2D eigenvalue weighted by Crippen LogP contribution is -2.50. The number of carbonyl (C=O) groups excluding carboxylic acids is 2. The van der Waals surface area contributed by atoms with Crippen molar-refractivity contribution in [2.75, 3.05) is 24.3 Å². The molecule has 2 saturated heterocycles. The van der Waals surface area contributed by atoms with E-state index in [0.29, 0.717) is 4.57 Å². The van der Waals surface area contributed by atoms with E-state index in [-0.39, 0.29) is 33.5 Å². The molecule has 0 spiro atoms. The number of carbonyl (C=O) groups is 2. The maximum Gasteiger partial charge on any atom is 0.351 e. The number of hydrogen-bond donors (Lipinski definition) is 4. The number of amides is 1. The molecule has 2 fully saturated rings. The minimum atomic E-state index is -4.77. The van der Waals surface area contributed by atoms with Gasteiger partial charge in [-0.25, -0.2) is 14.6 Å². The van der Waals surface area contributed by atoms with Crippen molar-refractivity contribution in [1.82, 2.24) is 29.1 Å². The van der Waals surface area contributed by atoms with Crippen molar-refractivity contribution in [2.45, 2.75) is 141 Å². The molecule has 374 valence electrons. The first kappa shape index (κ1) is 53.2. The van der Waals surface area contributed by atoms with Crippen molar-refractivity contribution in [3.63, 3.8) is 0 Å². The molecule has 8 atom stereocenters. The van der Waals surface area contributed by atoms with Crippen molar-refractivity contribution in [2.24, 2.45) is 5.92 Å². The first-order chi connectivity index (χ1) is 31.3. The van der Waals surface area contributed by atoms with Crippen LogP contribution in [-0.2, 0) is 48.7 Å². The van der Waals surface area contributed by atoms with Gasteiger partial charge in [0.2, 0.25) is 18.1 Å². The van der Waals surface area contributed by atoms with Crippen LogP contribution in [0.5, 0.6) is 0 Å². The van der Waals surface area contributed by atoms with Crippen molar-refractivity contribution in [1.29, 1.82) is 0 Å². The van der Waals surface area contributed by atoms with Gasteiger partial charge in [0, 0.05) is 12.1 Å². The van der Waals surface area contributed by atoms with Crippen molar-refractivity contribution >= 4 is 70.0 Å². The molecule has 4 aromatic rings. The lowest BCUT2D eigenvalue weighted by molar-refractivity contribution is -0.138. The Morgan fingerprint density at radius 2 is 1.62 bits per heavy atom. The second-order valence-corrected chi connectivity index (χ2v) is 32.5. The number of esters is 1. The topological polar surface area (TPSA) is 255 Å². The van der Waals surface area contributed by atoms with E-state index in [1.807, 2.05) is 67.7 Å². The van der Waals surface area contributed by atoms with Gasteiger partial charge in [-0.2, -0.15) is 18.7 Å². The van der Waals surface area contributed by atoms with Gasteiger partial charge in [-0.05, 0) is 66.3 Å². The standard InChI is InChI=1S/C42H61F2N8O12PSSi2/c1-23(2)33(53)49-38-48-32-28(34(54)50-38)46-22-52(32)35-30(64-68(11,12)41(6,7)8)29(62-36(55)24-16-14-13-15-17-24)25(60-35)20-58-65(57,66)63-31-26(21-59-67(9,10)40(3,4)5)61-37(42(31,43)44)51-19-18-27(45)47-39(51)56/h13-19,22-23,25-26,29-31,35,37H,20-21H2,1-12H3,(H,57,66)(H2,45,47,56)(H2,48,49,50,53,54)/t25-,26-,29+,30?,31+,35-,37-,65?/m1/s1. The zero-order valence-corrected chi connectivity index (χ0v) is 43.7. The number of imidazole rings is 1. The SMILES string of the molecule is CC(C)C(=O)Nc1nc2c(ncn2[C@@H]2O[C@H](COP(O)(=S)O[C@H]3[C@@H](CO[Si](C)(C)C(C)(C)C)O[C@@H](n4ccc(N)nc4=O)C3(F)F)[C@H](OC(=O)c3ccccc3)C2O[Si](C)(C)C(C)(C)C)c(=O)[nH]1. The largest absolute Gasteiger partial charge is 0.453 e. The molecule has 68 heavy (non-hydrogen) atoms. The highest BCUT2D eigenvalue weighted by Gasteiger charge is 2.63. The molecule has 1 aromatic carbocycles. The highest BCUT2D eigenvalue weighted by atomic mass is 32.5. The van der Waals surface area contributed by atoms with Gasteiger partial charge in [-0.3, -0.25) is 33.5 Å². The number of alkyl halides is 2. The number of anilines is 2. The van der Waals surface area contributed by atoms with Gasteiger partial charge >= 0.3 is 24.3 Å². The highest BCUT2D eigenvalue weighted by Crippen LogP contribution is 2.54. The number of nitrogen functional groups attached to an aromatic ring is 1. The Hall–Kier alpha value is -4.15. The van der Waals surface area contributed by atoms with E-state index in [9.17, 15) is 24.1 Å². The van der Waals surface area contributed by atoms with E-state index in [4.69, 9.17) is 49.7 Å². The third-order valence-electron chi connectivity index (χ3n) is 12.8. The van der Waals surface area contributed by atoms with E-state index in [0.717, 1.165) is 12.3 Å². The third kappa shape index (κ3) is 11.4. The Balaban J connectivity index is 1.38. The van der Waals surface area contributed by atoms with Crippen molar-refractivity contribution in [3.8, 4) is 0 Å². The molecule has 6 rings (SSSR count). The molecule has 2 aliphatic rings. The van der Waals surface area contributed by atoms with Crippen LogP contribution in [0.15, 0.2) is 58.5 Å². The normalized spacial score (nSPS) is 24.3. The van der Waals surface area contributed by atoms with Gasteiger partial charge in [0.05, 0.1) is 25.1 Å². The van der Waals surface area contributed by atoms with Crippen LogP contribution in [0.1, 0.15) is 78.2 Å². The van der Waals surface area contributed by atoms with E-state index in [2.05, 4.69) is 25.3 Å². The smallest absolute Gasteiger partial charge is 0.351 e. The summed E-state index contributed by atoms with van der Waals surface area (Å²) in [7, 11) is -5.46. The number of H-pyrrole nitrogens is 1. The summed E-state index contributed by atoms with van der Waals surface area (Å²) in [6.07, 6.45) is -9.14. The number of aromatic amines is 1. The number of fused-ring (bicyclic) bond motifs is 1. The second-order valence-electron chi connectivity index (χ2n) is 20.1. The average molecular weight is 1030 g/mol. The van der Waals surface area contributed by atoms with Gasteiger partial charge in [0.1, 0.15) is 24.1 Å². The predicted molar refractivity (Wildman–Crippen MR) is 255 cm³/mol. The minimum absolute atomic E-state index is 0.0358. The summed E-state index contributed by atoms with van der Waals surface area (Å²) in [5, 5.41) is 1.81. The maximum absolute atomic E-state index is 16.7. The summed E-state index contributed by atoms with van der Waals surface area (Å²) in [6.45, 7) is 17.0. The number of nitrogens with two attached hydrogens (primary N) is 1. The molecule has 0 bridgehead atoms. The molecule has 2 unspecified atom stereocenters. The molecule has 5 heterocycles. The van der Waals surface area contributed by atoms with Crippen LogP contribution in [-0.4, -0.2) is 112 Å². The summed E-state index contributed by atoms with van der Waals surface area (Å²) < 4.78 is 78.8.